The van der Waals surface area contributed by atoms with E-state index in [9.17, 15) is 35.1 Å². The molecule has 61 heavy (non-hydrogen) atoms. The summed E-state index contributed by atoms with van der Waals surface area (Å²) < 4.78 is 47.7. The maximum absolute atomic E-state index is 13.3. The van der Waals surface area contributed by atoms with E-state index in [1.807, 2.05) is 40.7 Å². The van der Waals surface area contributed by atoms with Crippen molar-refractivity contribution in [2.45, 2.75) is 212 Å². The van der Waals surface area contributed by atoms with Crippen LogP contribution >= 0.6 is 0 Å². The molecular formula is C46H75NaO14. The van der Waals surface area contributed by atoms with Crippen LogP contribution in [0.4, 0.5) is 0 Å². The minimum absolute atomic E-state index is 0. The number of carboxylic acids is 1. The first-order valence-electron chi connectivity index (χ1n) is 22.8. The van der Waals surface area contributed by atoms with E-state index in [1.54, 1.807) is 20.8 Å². The van der Waals surface area contributed by atoms with Crippen molar-refractivity contribution in [3.05, 3.63) is 11.6 Å². The number of hydrogen-bond donors (Lipinski definition) is 4. The maximum Gasteiger partial charge on any atom is 1.00 e. The first-order valence-corrected chi connectivity index (χ1v) is 22.8. The van der Waals surface area contributed by atoms with Crippen LogP contribution in [0.1, 0.15) is 134 Å². The molecule has 6 fully saturated rings. The van der Waals surface area contributed by atoms with E-state index < -0.39 is 90.3 Å². The van der Waals surface area contributed by atoms with Crippen molar-refractivity contribution < 1.29 is 97.8 Å². The normalized spacial score (nSPS) is 48.4. The molecule has 6 rings (SSSR count). The number of carboxylic acid groups (broad SMARTS) is 1. The third-order valence-electron chi connectivity index (χ3n) is 15.6. The molecule has 6 aliphatic heterocycles. The maximum atomic E-state index is 13.3. The van der Waals surface area contributed by atoms with Gasteiger partial charge in [-0.3, -0.25) is 4.79 Å². The van der Waals surface area contributed by atoms with Gasteiger partial charge in [0.05, 0.1) is 61.0 Å². The van der Waals surface area contributed by atoms with Crippen molar-refractivity contribution in [2.24, 2.45) is 47.3 Å². The number of carbonyl (C=O) groups excluding carboxylic acids is 2. The van der Waals surface area contributed by atoms with Gasteiger partial charge in [0.15, 0.2) is 29.4 Å². The predicted molar refractivity (Wildman–Crippen MR) is 216 cm³/mol. The molecule has 0 aromatic rings. The van der Waals surface area contributed by atoms with Crippen molar-refractivity contribution in [3.63, 3.8) is 0 Å². The van der Waals surface area contributed by atoms with E-state index in [-0.39, 0.29) is 95.9 Å². The summed E-state index contributed by atoms with van der Waals surface area (Å²) in [6.45, 7) is 20.4. The molecule has 6 saturated heterocycles. The number of ether oxygens (including phenoxy) is 7. The van der Waals surface area contributed by atoms with Crippen LogP contribution in [0.5, 0.6) is 0 Å². The third kappa shape index (κ3) is 10.4. The first-order chi connectivity index (χ1) is 28.0. The Morgan fingerprint density at radius 1 is 0.902 bits per heavy atom. The Hall–Kier alpha value is -0.560. The number of rotatable bonds is 12. The van der Waals surface area contributed by atoms with Gasteiger partial charge in [0, 0.05) is 67.2 Å². The summed E-state index contributed by atoms with van der Waals surface area (Å²) in [5.74, 6) is -7.63. The van der Waals surface area contributed by atoms with E-state index in [0.717, 1.165) is 0 Å². The van der Waals surface area contributed by atoms with Gasteiger partial charge < -0.3 is 63.5 Å². The summed E-state index contributed by atoms with van der Waals surface area (Å²) in [5, 5.41) is 54.7. The molecule has 0 aromatic carbocycles. The van der Waals surface area contributed by atoms with Gasteiger partial charge in [0.25, 0.3) is 0 Å². The SMILES string of the molecule is CC(=CC(C)C1OC2(CCC(C)(C3CC(OC4CCC(O)C(C)O4)C(C)C4(OC(C5OC(O)(CO)C(C)CC5C)CC4C)O3)O2)CC(O)C1C)C(=O)C(C)CC(C)C(=O)[O-].[Na+]. The van der Waals surface area contributed by atoms with Crippen molar-refractivity contribution in [3.8, 4) is 0 Å². The number of aliphatic carboxylic acids is 1. The minimum atomic E-state index is -1.68. The largest absolute Gasteiger partial charge is 1.00 e. The Morgan fingerprint density at radius 2 is 1.59 bits per heavy atom. The average Bonchev–Trinajstić information content (AvgIpc) is 3.69. The van der Waals surface area contributed by atoms with Gasteiger partial charge >= 0.3 is 29.6 Å². The summed E-state index contributed by atoms with van der Waals surface area (Å²) in [6, 6.07) is 0. The van der Waals surface area contributed by atoms with Crippen LogP contribution in [0, 0.1) is 47.3 Å². The monoisotopic (exact) mass is 875 g/mol. The van der Waals surface area contributed by atoms with Crippen LogP contribution < -0.4 is 34.7 Å². The molecule has 0 aliphatic carbocycles. The van der Waals surface area contributed by atoms with Crippen LogP contribution in [0.2, 0.25) is 0 Å². The Bertz CT molecular complexity index is 1570. The minimum Gasteiger partial charge on any atom is -0.550 e. The molecule has 0 radical (unpaired) electrons. The summed E-state index contributed by atoms with van der Waals surface area (Å²) in [4.78, 5) is 24.7. The van der Waals surface area contributed by atoms with Crippen LogP contribution in [-0.2, 0) is 42.7 Å². The number of aliphatic hydroxyl groups excluding tert-OH is 3. The Labute approximate surface area is 385 Å². The fourth-order valence-electron chi connectivity index (χ4n) is 11.5. The Balaban J connectivity index is 0.00000704. The van der Waals surface area contributed by atoms with Gasteiger partial charge in [0.2, 0.25) is 0 Å². The second kappa shape index (κ2) is 19.7. The summed E-state index contributed by atoms with van der Waals surface area (Å²) in [6.07, 6.45) is 1.62. The number of carbonyl (C=O) groups is 2. The van der Waals surface area contributed by atoms with Crippen LogP contribution in [0.15, 0.2) is 11.6 Å². The number of aliphatic hydroxyl groups is 4. The summed E-state index contributed by atoms with van der Waals surface area (Å²) >= 11 is 0. The molecule has 6 heterocycles. The molecule has 14 nitrogen and oxygen atoms in total. The molecule has 15 heteroatoms. The Kier molecular flexibility index (Phi) is 16.6. The van der Waals surface area contributed by atoms with E-state index in [2.05, 4.69) is 20.8 Å². The van der Waals surface area contributed by atoms with E-state index in [4.69, 9.17) is 33.2 Å². The molecular weight excluding hydrogens is 799 g/mol. The molecule has 0 bridgehead atoms. The zero-order valence-electron chi connectivity index (χ0n) is 38.8. The van der Waals surface area contributed by atoms with Gasteiger partial charge in [0.1, 0.15) is 0 Å². The van der Waals surface area contributed by atoms with Gasteiger partial charge in [-0.2, -0.15) is 0 Å². The van der Waals surface area contributed by atoms with Crippen LogP contribution in [0.25, 0.3) is 0 Å². The number of hydrogen-bond acceptors (Lipinski definition) is 14. The third-order valence-corrected chi connectivity index (χ3v) is 15.6. The second-order valence-corrected chi connectivity index (χ2v) is 20.4. The second-order valence-electron chi connectivity index (χ2n) is 20.4. The van der Waals surface area contributed by atoms with Crippen LogP contribution in [-0.4, -0.2) is 117 Å². The smallest absolute Gasteiger partial charge is 0.550 e. The molecule has 344 valence electrons. The molecule has 6 aliphatic rings. The van der Waals surface area contributed by atoms with E-state index >= 15 is 0 Å². The fourth-order valence-corrected chi connectivity index (χ4v) is 11.5. The molecule has 21 atom stereocenters. The fraction of sp³-hybridized carbons (Fsp3) is 0.913. The average molecular weight is 875 g/mol. The van der Waals surface area contributed by atoms with Crippen molar-refractivity contribution in [1.29, 1.82) is 0 Å². The van der Waals surface area contributed by atoms with Crippen LogP contribution in [0.3, 0.4) is 0 Å². The summed E-state index contributed by atoms with van der Waals surface area (Å²) in [7, 11) is 0. The number of allylic oxidation sites excluding steroid dienone is 1. The van der Waals surface area contributed by atoms with E-state index in [1.165, 1.54) is 0 Å². The zero-order valence-corrected chi connectivity index (χ0v) is 40.8. The Morgan fingerprint density at radius 3 is 2.23 bits per heavy atom. The number of ketones is 1. The quantitative estimate of drug-likeness (QED) is 0.161. The van der Waals surface area contributed by atoms with Gasteiger partial charge in [-0.15, -0.1) is 0 Å². The zero-order chi connectivity index (χ0) is 44.3. The van der Waals surface area contributed by atoms with Gasteiger partial charge in [-0.05, 0) is 70.3 Å². The number of Topliss-reactive ketones (excluding diaryl/α,β-unsaturated/α-hetero) is 1. The van der Waals surface area contributed by atoms with Gasteiger partial charge in [-0.1, -0.05) is 61.5 Å². The van der Waals surface area contributed by atoms with Crippen molar-refractivity contribution >= 4 is 11.8 Å². The van der Waals surface area contributed by atoms with Crippen molar-refractivity contribution in [1.82, 2.24) is 0 Å². The molecule has 0 aromatic heterocycles. The topological polar surface area (TPSA) is 203 Å². The van der Waals surface area contributed by atoms with Gasteiger partial charge in [-0.25, -0.2) is 0 Å². The van der Waals surface area contributed by atoms with Crippen molar-refractivity contribution in [2.75, 3.05) is 6.61 Å². The predicted octanol–water partition coefficient (Wildman–Crippen LogP) is 1.16. The molecule has 4 N–H and O–H groups in total. The standard InChI is InChI=1S/C46H76O14.Na/c1-23(39(50)24(2)17-27(5)42(51)52)16-25(3)40-30(8)34(49)21-44(58-40)15-14-43(11,60-44)37-20-35(55-38-13-12-33(48)32(10)54-38)31(9)46(57-37)29(7)19-36(56-46)41-26(4)18-28(6)45(53,22-47)59-41;/h16,24-38,40-41,47-49,53H,12-15,17-22H2,1-11H3,(H,51,52);/q;+1/p-1. The first kappa shape index (κ1) is 51.4. The molecule has 0 amide bonds. The van der Waals surface area contributed by atoms with E-state index in [0.29, 0.717) is 50.5 Å². The molecule has 21 unspecified atom stereocenters. The molecule has 0 saturated carbocycles. The summed E-state index contributed by atoms with van der Waals surface area (Å²) in [5.41, 5.74) is -0.378. The molecule has 2 spiro atoms.